The van der Waals surface area contributed by atoms with Crippen molar-refractivity contribution in [1.82, 2.24) is 15.1 Å². The average Bonchev–Trinajstić information content (AvgIpc) is 2.71. The van der Waals surface area contributed by atoms with Gasteiger partial charge in [0, 0.05) is 13.1 Å². The first kappa shape index (κ1) is 14.2. The number of piperidine rings is 1. The molecule has 0 aromatic heterocycles. The molecule has 2 saturated heterocycles. The van der Waals surface area contributed by atoms with Gasteiger partial charge in [0.15, 0.2) is 0 Å². The zero-order valence-electron chi connectivity index (χ0n) is 11.1. The number of nitrogens with zero attached hydrogens (tertiary/aromatic N) is 2. The van der Waals surface area contributed by atoms with Gasteiger partial charge in [-0.15, -0.1) is 0 Å². The van der Waals surface area contributed by atoms with E-state index in [4.69, 9.17) is 0 Å². The van der Waals surface area contributed by atoms with E-state index in [-0.39, 0.29) is 24.9 Å². The van der Waals surface area contributed by atoms with Crippen LogP contribution in [0.1, 0.15) is 12.8 Å². The van der Waals surface area contributed by atoms with E-state index in [0.717, 1.165) is 36.6 Å². The second kappa shape index (κ2) is 6.27. The number of urea groups is 1. The Hall–Kier alpha value is -1.24. The highest BCUT2D eigenvalue weighted by Gasteiger charge is 2.32. The van der Waals surface area contributed by atoms with Crippen LogP contribution in [0.5, 0.6) is 0 Å². The van der Waals surface area contributed by atoms with E-state index in [1.165, 1.54) is 0 Å². The Kier molecular flexibility index (Phi) is 4.68. The Bertz CT molecular complexity index is 370. The van der Waals surface area contributed by atoms with Crippen molar-refractivity contribution in [2.45, 2.75) is 12.8 Å². The SMILES string of the molecule is CSC[C@H]1CCCN(C(=O)CN2C(=O)CNC2=O)C1. The largest absolute Gasteiger partial charge is 0.341 e. The van der Waals surface area contributed by atoms with E-state index >= 15 is 0 Å². The van der Waals surface area contributed by atoms with Crippen molar-refractivity contribution in [1.29, 1.82) is 0 Å². The maximum atomic E-state index is 12.1. The fourth-order valence-electron chi connectivity index (χ4n) is 2.51. The number of amides is 4. The molecule has 0 bridgehead atoms. The highest BCUT2D eigenvalue weighted by atomic mass is 32.2. The van der Waals surface area contributed by atoms with Gasteiger partial charge in [-0.25, -0.2) is 4.79 Å². The lowest BCUT2D eigenvalue weighted by Gasteiger charge is -2.33. The van der Waals surface area contributed by atoms with Crippen molar-refractivity contribution in [2.24, 2.45) is 5.92 Å². The fourth-order valence-corrected chi connectivity index (χ4v) is 3.26. The molecule has 2 rings (SSSR count). The van der Waals surface area contributed by atoms with E-state index in [1.54, 1.807) is 16.7 Å². The van der Waals surface area contributed by atoms with Crippen LogP contribution in [0.4, 0.5) is 4.79 Å². The van der Waals surface area contributed by atoms with Crippen LogP contribution in [0.15, 0.2) is 0 Å². The molecule has 1 N–H and O–H groups in total. The van der Waals surface area contributed by atoms with Crippen molar-refractivity contribution < 1.29 is 14.4 Å². The smallest absolute Gasteiger partial charge is 0.325 e. The molecule has 2 heterocycles. The van der Waals surface area contributed by atoms with Crippen molar-refractivity contribution in [2.75, 3.05) is 38.2 Å². The number of nitrogens with one attached hydrogen (secondary N) is 1. The van der Waals surface area contributed by atoms with Crippen molar-refractivity contribution >= 4 is 29.6 Å². The fraction of sp³-hybridized carbons (Fsp3) is 0.750. The monoisotopic (exact) mass is 285 g/mol. The van der Waals surface area contributed by atoms with Crippen molar-refractivity contribution in [3.63, 3.8) is 0 Å². The molecule has 2 aliphatic rings. The molecule has 0 unspecified atom stereocenters. The first-order valence-corrected chi connectivity index (χ1v) is 7.86. The summed E-state index contributed by atoms with van der Waals surface area (Å²) >= 11 is 1.79. The first-order valence-electron chi connectivity index (χ1n) is 6.46. The predicted molar refractivity (Wildman–Crippen MR) is 72.8 cm³/mol. The third kappa shape index (κ3) is 3.40. The lowest BCUT2D eigenvalue weighted by molar-refractivity contribution is -0.137. The Morgan fingerprint density at radius 1 is 1.47 bits per heavy atom. The summed E-state index contributed by atoms with van der Waals surface area (Å²) in [7, 11) is 0. The van der Waals surface area contributed by atoms with Gasteiger partial charge in [-0.3, -0.25) is 14.5 Å². The topological polar surface area (TPSA) is 69.7 Å². The Morgan fingerprint density at radius 2 is 2.26 bits per heavy atom. The highest BCUT2D eigenvalue weighted by Crippen LogP contribution is 2.20. The standard InChI is InChI=1S/C12H19N3O3S/c1-19-8-9-3-2-4-14(6-9)11(17)7-15-10(16)5-13-12(15)18/h9H,2-8H2,1H3,(H,13,18)/t9-/m0/s1. The normalized spacial score (nSPS) is 23.7. The second-order valence-electron chi connectivity index (χ2n) is 4.94. The summed E-state index contributed by atoms with van der Waals surface area (Å²) in [4.78, 5) is 37.7. The number of rotatable bonds is 4. The molecule has 4 amide bonds. The number of carbonyl (C=O) groups excluding carboxylic acids is 3. The number of hydrogen-bond donors (Lipinski definition) is 1. The van der Waals surface area contributed by atoms with Gasteiger partial charge in [0.25, 0.3) is 5.91 Å². The first-order chi connectivity index (χ1) is 9.11. The minimum Gasteiger partial charge on any atom is -0.341 e. The second-order valence-corrected chi connectivity index (χ2v) is 5.85. The lowest BCUT2D eigenvalue weighted by Crippen LogP contribution is -2.47. The van der Waals surface area contributed by atoms with Crippen molar-refractivity contribution in [3.8, 4) is 0 Å². The molecule has 0 saturated carbocycles. The number of thioether (sulfide) groups is 1. The summed E-state index contributed by atoms with van der Waals surface area (Å²) in [5, 5.41) is 2.42. The van der Waals surface area contributed by atoms with Crippen LogP contribution in [-0.4, -0.2) is 65.8 Å². The number of carbonyl (C=O) groups is 3. The maximum absolute atomic E-state index is 12.1. The summed E-state index contributed by atoms with van der Waals surface area (Å²) in [5.74, 6) is 1.12. The number of imide groups is 1. The average molecular weight is 285 g/mol. The van der Waals surface area contributed by atoms with Gasteiger partial charge in [-0.05, 0) is 30.8 Å². The minimum atomic E-state index is -0.462. The zero-order chi connectivity index (χ0) is 13.8. The van der Waals surface area contributed by atoms with E-state index in [0.29, 0.717) is 5.92 Å². The predicted octanol–water partition coefficient (Wildman–Crippen LogP) is 0.140. The highest BCUT2D eigenvalue weighted by molar-refractivity contribution is 7.98. The van der Waals surface area contributed by atoms with Gasteiger partial charge in [0.1, 0.15) is 6.54 Å². The van der Waals surface area contributed by atoms with Crippen LogP contribution in [-0.2, 0) is 9.59 Å². The summed E-state index contributed by atoms with van der Waals surface area (Å²) < 4.78 is 0. The van der Waals surface area contributed by atoms with E-state index in [1.807, 2.05) is 0 Å². The van der Waals surface area contributed by atoms with Gasteiger partial charge >= 0.3 is 6.03 Å². The van der Waals surface area contributed by atoms with Crippen LogP contribution in [0.25, 0.3) is 0 Å². The molecule has 1 atom stereocenters. The van der Waals surface area contributed by atoms with Gasteiger partial charge in [-0.1, -0.05) is 0 Å². The molecule has 0 aromatic rings. The van der Waals surface area contributed by atoms with Crippen LogP contribution in [0.2, 0.25) is 0 Å². The molecule has 6 nitrogen and oxygen atoms in total. The van der Waals surface area contributed by atoms with Crippen LogP contribution < -0.4 is 5.32 Å². The minimum absolute atomic E-state index is 0.00120. The number of likely N-dealkylation sites (tertiary alicyclic amines) is 1. The summed E-state index contributed by atoms with van der Waals surface area (Å²) in [5.41, 5.74) is 0. The van der Waals surface area contributed by atoms with Crippen LogP contribution in [0, 0.1) is 5.92 Å². The molecule has 0 aromatic carbocycles. The van der Waals surface area contributed by atoms with Crippen LogP contribution >= 0.6 is 11.8 Å². The molecule has 7 heteroatoms. The Labute approximate surface area is 116 Å². The Morgan fingerprint density at radius 3 is 2.89 bits per heavy atom. The summed E-state index contributed by atoms with van der Waals surface area (Å²) in [6, 6.07) is -0.462. The van der Waals surface area contributed by atoms with Gasteiger partial charge in [0.2, 0.25) is 5.91 Å². The summed E-state index contributed by atoms with van der Waals surface area (Å²) in [6.07, 6.45) is 4.21. The molecule has 19 heavy (non-hydrogen) atoms. The molecule has 0 aliphatic carbocycles. The zero-order valence-corrected chi connectivity index (χ0v) is 11.9. The molecule has 0 spiro atoms. The Balaban J connectivity index is 1.88. The van der Waals surface area contributed by atoms with E-state index in [9.17, 15) is 14.4 Å². The molecule has 2 aliphatic heterocycles. The van der Waals surface area contributed by atoms with Crippen molar-refractivity contribution in [3.05, 3.63) is 0 Å². The quantitative estimate of drug-likeness (QED) is 0.746. The summed E-state index contributed by atoms with van der Waals surface area (Å²) in [6.45, 7) is 1.34. The third-order valence-electron chi connectivity index (χ3n) is 3.50. The van der Waals surface area contributed by atoms with E-state index in [2.05, 4.69) is 11.6 Å². The van der Waals surface area contributed by atoms with Gasteiger partial charge < -0.3 is 10.2 Å². The van der Waals surface area contributed by atoms with Gasteiger partial charge in [0.05, 0.1) is 6.54 Å². The molecule has 0 radical (unpaired) electrons. The third-order valence-corrected chi connectivity index (χ3v) is 4.31. The molecular formula is C12H19N3O3S. The molecule has 106 valence electrons. The molecular weight excluding hydrogens is 266 g/mol. The maximum Gasteiger partial charge on any atom is 0.325 e. The van der Waals surface area contributed by atoms with Crippen LogP contribution in [0.3, 0.4) is 0 Å². The van der Waals surface area contributed by atoms with Gasteiger partial charge in [-0.2, -0.15) is 11.8 Å². The number of hydrogen-bond acceptors (Lipinski definition) is 4. The lowest BCUT2D eigenvalue weighted by atomic mass is 10.00. The van der Waals surface area contributed by atoms with E-state index < -0.39 is 6.03 Å². The molecule has 2 fully saturated rings.